The molecule has 4 atom stereocenters. The van der Waals surface area contributed by atoms with Crippen molar-refractivity contribution in [2.75, 3.05) is 19.6 Å². The van der Waals surface area contributed by atoms with Crippen molar-refractivity contribution < 1.29 is 23.6 Å². The van der Waals surface area contributed by atoms with Crippen molar-refractivity contribution >= 4 is 23.6 Å². The lowest BCUT2D eigenvalue weighted by Crippen LogP contribution is -2.53. The Kier molecular flexibility index (Phi) is 9.86. The summed E-state index contributed by atoms with van der Waals surface area (Å²) in [5, 5.41) is 19.6. The fraction of sp³-hybridized carbons (Fsp3) is 0.571. The van der Waals surface area contributed by atoms with Gasteiger partial charge in [0.1, 0.15) is 12.1 Å². The Morgan fingerprint density at radius 2 is 1.57 bits per heavy atom. The van der Waals surface area contributed by atoms with Crippen molar-refractivity contribution in [2.45, 2.75) is 77.0 Å². The van der Waals surface area contributed by atoms with Crippen molar-refractivity contribution in [2.24, 2.45) is 5.92 Å². The number of rotatable bonds is 5. The van der Waals surface area contributed by atoms with Gasteiger partial charge >= 0.3 is 0 Å². The summed E-state index contributed by atoms with van der Waals surface area (Å²) in [5.41, 5.74) is 0.960. The highest BCUT2D eigenvalue weighted by molar-refractivity contribution is 5.92. The van der Waals surface area contributed by atoms with Crippen molar-refractivity contribution in [1.82, 2.24) is 36.4 Å². The topological polar surface area (TPSA) is 159 Å². The van der Waals surface area contributed by atoms with E-state index in [1.165, 1.54) is 0 Å². The van der Waals surface area contributed by atoms with Crippen molar-refractivity contribution in [3.8, 4) is 0 Å². The number of amides is 4. The van der Waals surface area contributed by atoms with Gasteiger partial charge in [-0.15, -0.1) is 10.2 Å². The van der Waals surface area contributed by atoms with E-state index in [9.17, 15) is 19.2 Å². The van der Waals surface area contributed by atoms with Crippen LogP contribution in [0, 0.1) is 5.92 Å². The van der Waals surface area contributed by atoms with E-state index < -0.39 is 35.8 Å². The quantitative estimate of drug-likeness (QED) is 0.429. The van der Waals surface area contributed by atoms with Gasteiger partial charge < -0.3 is 25.7 Å². The number of hydrogen-bond donors (Lipinski definition) is 4. The summed E-state index contributed by atoms with van der Waals surface area (Å²) in [6.07, 6.45) is 2.86. The molecule has 2 aliphatic rings. The third-order valence-corrected chi connectivity index (χ3v) is 7.25. The molecule has 1 fully saturated rings. The SMILES string of the molecule is CCC1c2nnc(o2)[C@H](Cc2ccccc2)NC(=O)CNC(=O)[C@H](CC(C)C)NC(=O)CNC(=O)[C@@H]2CCCN12. The van der Waals surface area contributed by atoms with Gasteiger partial charge in [-0.2, -0.15) is 0 Å². The van der Waals surface area contributed by atoms with Crippen LogP contribution in [0.3, 0.4) is 0 Å². The number of carbonyl (C=O) groups is 4. The number of nitrogens with zero attached hydrogens (tertiary/aromatic N) is 3. The second kappa shape index (κ2) is 13.5. The lowest BCUT2D eigenvalue weighted by Gasteiger charge is -2.29. The number of hydrogen-bond acceptors (Lipinski definition) is 8. The van der Waals surface area contributed by atoms with Gasteiger partial charge in [-0.25, -0.2) is 0 Å². The maximum atomic E-state index is 13.1. The first-order valence-electron chi connectivity index (χ1n) is 14.0. The Balaban J connectivity index is 1.64. The second-order valence-corrected chi connectivity index (χ2v) is 10.8. The molecule has 4 rings (SSSR count). The maximum absolute atomic E-state index is 13.1. The zero-order valence-corrected chi connectivity index (χ0v) is 23.3. The molecule has 1 saturated heterocycles. The summed E-state index contributed by atoms with van der Waals surface area (Å²) in [4.78, 5) is 53.8. The van der Waals surface area contributed by atoms with Crippen LogP contribution in [0.4, 0.5) is 0 Å². The summed E-state index contributed by atoms with van der Waals surface area (Å²) in [6.45, 7) is 5.98. The Labute approximate surface area is 234 Å². The lowest BCUT2D eigenvalue weighted by molar-refractivity contribution is -0.132. The number of aromatic nitrogens is 2. The smallest absolute Gasteiger partial charge is 0.243 e. The van der Waals surface area contributed by atoms with Crippen LogP contribution in [0.5, 0.6) is 0 Å². The molecule has 2 bridgehead atoms. The van der Waals surface area contributed by atoms with Gasteiger partial charge in [0.05, 0.1) is 25.2 Å². The molecule has 12 heteroatoms. The van der Waals surface area contributed by atoms with Gasteiger partial charge in [-0.3, -0.25) is 24.1 Å². The molecule has 0 aliphatic carbocycles. The zero-order valence-electron chi connectivity index (χ0n) is 23.3. The molecular weight excluding hydrogens is 514 g/mol. The van der Waals surface area contributed by atoms with E-state index in [4.69, 9.17) is 4.42 Å². The molecule has 40 heavy (non-hydrogen) atoms. The van der Waals surface area contributed by atoms with E-state index in [-0.39, 0.29) is 36.8 Å². The molecule has 4 amide bonds. The molecule has 0 saturated carbocycles. The van der Waals surface area contributed by atoms with Crippen LogP contribution in [0.25, 0.3) is 0 Å². The van der Waals surface area contributed by atoms with Gasteiger partial charge in [0.15, 0.2) is 0 Å². The Hall–Kier alpha value is -3.80. The molecule has 0 spiro atoms. The van der Waals surface area contributed by atoms with Crippen LogP contribution < -0.4 is 21.3 Å². The predicted molar refractivity (Wildman–Crippen MR) is 145 cm³/mol. The van der Waals surface area contributed by atoms with Gasteiger partial charge in [-0.1, -0.05) is 51.1 Å². The Morgan fingerprint density at radius 1 is 0.925 bits per heavy atom. The Morgan fingerprint density at radius 3 is 2.25 bits per heavy atom. The highest BCUT2D eigenvalue weighted by atomic mass is 16.4. The number of carbonyl (C=O) groups excluding carboxylic acids is 4. The van der Waals surface area contributed by atoms with Gasteiger partial charge in [0.2, 0.25) is 35.4 Å². The van der Waals surface area contributed by atoms with Crippen molar-refractivity contribution in [3.05, 3.63) is 47.7 Å². The van der Waals surface area contributed by atoms with Crippen LogP contribution in [-0.2, 0) is 25.6 Å². The van der Waals surface area contributed by atoms with Crippen LogP contribution in [-0.4, -0.2) is 70.4 Å². The average Bonchev–Trinajstić information content (AvgIpc) is 3.61. The zero-order chi connectivity index (χ0) is 28.6. The molecule has 0 radical (unpaired) electrons. The monoisotopic (exact) mass is 553 g/mol. The normalized spacial score (nSPS) is 25.3. The third-order valence-electron chi connectivity index (χ3n) is 7.25. The number of fused-ring (bicyclic) bond motifs is 3. The Bertz CT molecular complexity index is 1180. The molecule has 2 aromatic rings. The summed E-state index contributed by atoms with van der Waals surface area (Å²) < 4.78 is 6.15. The molecular formula is C28H39N7O5. The largest absolute Gasteiger partial charge is 0.421 e. The molecule has 1 unspecified atom stereocenters. The van der Waals surface area contributed by atoms with Crippen LogP contribution >= 0.6 is 0 Å². The minimum absolute atomic E-state index is 0.109. The van der Waals surface area contributed by atoms with Crippen LogP contribution in [0.15, 0.2) is 34.7 Å². The average molecular weight is 554 g/mol. The molecule has 1 aromatic heterocycles. The molecule has 216 valence electrons. The first-order valence-corrected chi connectivity index (χ1v) is 14.0. The summed E-state index contributed by atoms with van der Waals surface area (Å²) in [6, 6.07) is 7.38. The fourth-order valence-electron chi connectivity index (χ4n) is 5.34. The highest BCUT2D eigenvalue weighted by Crippen LogP contribution is 2.32. The van der Waals surface area contributed by atoms with Crippen LogP contribution in [0.1, 0.15) is 75.9 Å². The fourth-order valence-corrected chi connectivity index (χ4v) is 5.34. The second-order valence-electron chi connectivity index (χ2n) is 10.8. The van der Waals surface area contributed by atoms with E-state index in [0.29, 0.717) is 38.1 Å². The van der Waals surface area contributed by atoms with E-state index >= 15 is 0 Å². The number of nitrogens with one attached hydrogen (secondary N) is 4. The van der Waals surface area contributed by atoms with Crippen molar-refractivity contribution in [3.63, 3.8) is 0 Å². The standard InChI is InChI=1S/C28H39N7O5/c1-4-21-28-34-33-27(40-28)20(14-18-9-6-5-7-10-18)32-24(37)15-29-25(38)19(13-17(2)3)31-23(36)16-30-26(39)22-11-8-12-35(21)22/h5-7,9-10,17,19-22H,4,8,11-16H2,1-3H3,(H,29,38)(H,30,39)(H,31,36)(H,32,37)/t19-,20-,21?,22-/m0/s1. The third kappa shape index (κ3) is 7.44. The van der Waals surface area contributed by atoms with E-state index in [2.05, 4.69) is 31.5 Å². The van der Waals surface area contributed by atoms with E-state index in [1.807, 2.05) is 56.0 Å². The molecule has 2 aliphatic heterocycles. The summed E-state index contributed by atoms with van der Waals surface area (Å²) in [7, 11) is 0. The first kappa shape index (κ1) is 29.2. The van der Waals surface area contributed by atoms with Gasteiger partial charge in [0, 0.05) is 6.42 Å². The van der Waals surface area contributed by atoms with Gasteiger partial charge in [0.25, 0.3) is 0 Å². The molecule has 12 nitrogen and oxygen atoms in total. The lowest BCUT2D eigenvalue weighted by atomic mass is 10.0. The maximum Gasteiger partial charge on any atom is 0.243 e. The number of benzene rings is 1. The summed E-state index contributed by atoms with van der Waals surface area (Å²) in [5.74, 6) is -0.902. The van der Waals surface area contributed by atoms with E-state index in [0.717, 1.165) is 12.0 Å². The van der Waals surface area contributed by atoms with Crippen LogP contribution in [0.2, 0.25) is 0 Å². The minimum atomic E-state index is -0.845. The van der Waals surface area contributed by atoms with E-state index in [1.54, 1.807) is 0 Å². The van der Waals surface area contributed by atoms with Gasteiger partial charge in [-0.05, 0) is 43.7 Å². The molecule has 3 heterocycles. The highest BCUT2D eigenvalue weighted by Gasteiger charge is 2.38. The minimum Gasteiger partial charge on any atom is -0.421 e. The first-order chi connectivity index (χ1) is 19.2. The van der Waals surface area contributed by atoms with Crippen molar-refractivity contribution in [1.29, 1.82) is 0 Å². The molecule has 1 aromatic carbocycles. The molecule has 4 N–H and O–H groups in total. The predicted octanol–water partition coefficient (Wildman–Crippen LogP) is 1.16. The summed E-state index contributed by atoms with van der Waals surface area (Å²) >= 11 is 0.